The van der Waals surface area contributed by atoms with Gasteiger partial charge in [0, 0.05) is 14.7 Å². The standard InChI is InChI=1S/C43H79S3/c1-5-8-11-14-17-20-23-26-29-32-35-44-41-38-40(4)39-42(45-36-33-30-27-24-21-18-15-12-9-6-2)43(41)46-37-34-31-28-25-22-19-16-13-10-7-3/h38-39H,4-37H2,1-3H3. The third-order valence-corrected chi connectivity index (χ3v) is 13.1. The molecule has 0 atom stereocenters. The third kappa shape index (κ3) is 27.1. The maximum absolute atomic E-state index is 4.42. The first kappa shape index (κ1) is 44.3. The van der Waals surface area contributed by atoms with Gasteiger partial charge >= 0.3 is 0 Å². The number of thioether (sulfide) groups is 3. The molecule has 0 heterocycles. The van der Waals surface area contributed by atoms with E-state index in [1.54, 1.807) is 4.90 Å². The quantitative estimate of drug-likeness (QED) is 0.0508. The van der Waals surface area contributed by atoms with Crippen LogP contribution in [0.5, 0.6) is 0 Å². The molecule has 269 valence electrons. The molecule has 1 aromatic rings. The zero-order valence-corrected chi connectivity index (χ0v) is 33.9. The molecule has 0 N–H and O–H groups in total. The maximum atomic E-state index is 4.42. The number of hydrogen-bond acceptors (Lipinski definition) is 3. The van der Waals surface area contributed by atoms with Crippen molar-refractivity contribution < 1.29 is 0 Å². The summed E-state index contributed by atoms with van der Waals surface area (Å²) >= 11 is 6.40. The molecule has 0 unspecified atom stereocenters. The van der Waals surface area contributed by atoms with E-state index in [2.05, 4.69) is 75.1 Å². The van der Waals surface area contributed by atoms with Gasteiger partial charge in [-0.25, -0.2) is 0 Å². The summed E-state index contributed by atoms with van der Waals surface area (Å²) in [5.74, 6) is 3.78. The van der Waals surface area contributed by atoms with Gasteiger partial charge in [0.1, 0.15) is 0 Å². The average Bonchev–Trinajstić information content (AvgIpc) is 3.05. The van der Waals surface area contributed by atoms with Crippen LogP contribution < -0.4 is 0 Å². The van der Waals surface area contributed by atoms with Gasteiger partial charge in [-0.3, -0.25) is 0 Å². The van der Waals surface area contributed by atoms with E-state index >= 15 is 0 Å². The highest BCUT2D eigenvalue weighted by Gasteiger charge is 2.12. The molecule has 0 saturated carbocycles. The van der Waals surface area contributed by atoms with Crippen LogP contribution in [0.3, 0.4) is 0 Å². The Hall–Kier alpha value is 0.270. The highest BCUT2D eigenvalue weighted by Crippen LogP contribution is 2.41. The fourth-order valence-electron chi connectivity index (χ4n) is 6.29. The molecule has 0 fully saturated rings. The van der Waals surface area contributed by atoms with Gasteiger partial charge in [-0.1, -0.05) is 194 Å². The number of rotatable bonds is 36. The van der Waals surface area contributed by atoms with Crippen LogP contribution in [0.2, 0.25) is 0 Å². The topological polar surface area (TPSA) is 0 Å². The fourth-order valence-corrected chi connectivity index (χ4v) is 10.1. The van der Waals surface area contributed by atoms with Gasteiger partial charge in [-0.2, -0.15) is 0 Å². The predicted octanol–water partition coefficient (Wildman–Crippen LogP) is 16.9. The lowest BCUT2D eigenvalue weighted by molar-refractivity contribution is 0.563. The summed E-state index contributed by atoms with van der Waals surface area (Å²) in [7, 11) is 0. The second-order valence-electron chi connectivity index (χ2n) is 14.0. The number of benzene rings is 1. The lowest BCUT2D eigenvalue weighted by atomic mass is 10.1. The van der Waals surface area contributed by atoms with Crippen molar-refractivity contribution in [1.82, 2.24) is 0 Å². The Bertz CT molecular complexity index is 713. The molecule has 0 spiro atoms. The Morgan fingerprint density at radius 1 is 0.348 bits per heavy atom. The molecule has 1 rings (SSSR count). The van der Waals surface area contributed by atoms with Crippen molar-refractivity contribution in [3.05, 3.63) is 24.6 Å². The van der Waals surface area contributed by atoms with Crippen LogP contribution in [0.4, 0.5) is 0 Å². The third-order valence-electron chi connectivity index (χ3n) is 9.34. The summed E-state index contributed by atoms with van der Waals surface area (Å²) in [6.07, 6.45) is 42.5. The van der Waals surface area contributed by atoms with Crippen LogP contribution in [0, 0.1) is 6.92 Å². The molecule has 1 radical (unpaired) electrons. The van der Waals surface area contributed by atoms with E-state index in [-0.39, 0.29) is 0 Å². The van der Waals surface area contributed by atoms with Gasteiger partial charge in [0.05, 0.1) is 0 Å². The normalized spacial score (nSPS) is 11.6. The largest absolute Gasteiger partial charge is 0.125 e. The number of hydrogen-bond donors (Lipinski definition) is 0. The molecule has 0 saturated heterocycles. The Morgan fingerprint density at radius 3 is 0.870 bits per heavy atom. The van der Waals surface area contributed by atoms with E-state index in [0.29, 0.717) is 0 Å². The Balaban J connectivity index is 2.47. The van der Waals surface area contributed by atoms with Crippen LogP contribution in [-0.2, 0) is 0 Å². The predicted molar refractivity (Wildman–Crippen MR) is 219 cm³/mol. The van der Waals surface area contributed by atoms with E-state index in [1.807, 2.05) is 0 Å². The van der Waals surface area contributed by atoms with Crippen LogP contribution >= 0.6 is 35.3 Å². The zero-order valence-electron chi connectivity index (χ0n) is 31.4. The van der Waals surface area contributed by atoms with E-state index in [0.717, 1.165) is 0 Å². The molecule has 1 aromatic carbocycles. The first-order valence-corrected chi connectivity index (χ1v) is 23.6. The first-order valence-electron chi connectivity index (χ1n) is 20.6. The van der Waals surface area contributed by atoms with Gasteiger partial charge in [0.25, 0.3) is 0 Å². The Kier molecular flexibility index (Phi) is 33.8. The fraction of sp³-hybridized carbons (Fsp3) is 0.837. The molecule has 46 heavy (non-hydrogen) atoms. The molecule has 3 heteroatoms. The minimum atomic E-state index is 1.21. The highest BCUT2D eigenvalue weighted by molar-refractivity contribution is 8.03. The van der Waals surface area contributed by atoms with Crippen LogP contribution in [0.25, 0.3) is 0 Å². The zero-order chi connectivity index (χ0) is 33.2. The highest BCUT2D eigenvalue weighted by atomic mass is 32.2. The first-order chi connectivity index (χ1) is 22.7. The van der Waals surface area contributed by atoms with E-state index in [1.165, 1.54) is 225 Å². The smallest absolute Gasteiger partial charge is 0.0344 e. The summed E-state index contributed by atoms with van der Waals surface area (Å²) in [5.41, 5.74) is 1.21. The summed E-state index contributed by atoms with van der Waals surface area (Å²) < 4.78 is 0. The van der Waals surface area contributed by atoms with E-state index < -0.39 is 0 Å². The molecule has 0 aliphatic heterocycles. The minimum Gasteiger partial charge on any atom is -0.125 e. The van der Waals surface area contributed by atoms with Gasteiger partial charge in [-0.05, 0) is 61.1 Å². The van der Waals surface area contributed by atoms with Crippen molar-refractivity contribution >= 4 is 35.3 Å². The van der Waals surface area contributed by atoms with Crippen LogP contribution in [-0.4, -0.2) is 17.3 Å². The number of unbranched alkanes of at least 4 members (excludes halogenated alkanes) is 27. The van der Waals surface area contributed by atoms with Crippen LogP contribution in [0.1, 0.15) is 219 Å². The van der Waals surface area contributed by atoms with Gasteiger partial charge in [-0.15, -0.1) is 35.3 Å². The molecule has 0 nitrogen and oxygen atoms in total. The molecule has 0 aliphatic rings. The lowest BCUT2D eigenvalue weighted by Crippen LogP contribution is -1.92. The van der Waals surface area contributed by atoms with Crippen molar-refractivity contribution in [2.45, 2.75) is 228 Å². The van der Waals surface area contributed by atoms with Crippen molar-refractivity contribution in [1.29, 1.82) is 0 Å². The van der Waals surface area contributed by atoms with Crippen molar-refractivity contribution in [2.24, 2.45) is 0 Å². The molecule has 0 amide bonds. The maximum Gasteiger partial charge on any atom is 0.0344 e. The van der Waals surface area contributed by atoms with E-state index in [9.17, 15) is 0 Å². The van der Waals surface area contributed by atoms with Gasteiger partial charge in [0.15, 0.2) is 0 Å². The van der Waals surface area contributed by atoms with Gasteiger partial charge < -0.3 is 0 Å². The monoisotopic (exact) mass is 692 g/mol. The second kappa shape index (κ2) is 35.1. The minimum absolute atomic E-state index is 1.21. The molecule has 0 aromatic heterocycles. The van der Waals surface area contributed by atoms with Crippen LogP contribution in [0.15, 0.2) is 26.8 Å². The molecular formula is C43H79S3. The second-order valence-corrected chi connectivity index (χ2v) is 17.4. The molecule has 0 bridgehead atoms. The summed E-state index contributed by atoms with van der Waals surface area (Å²) in [6, 6.07) is 4.79. The van der Waals surface area contributed by atoms with Crippen molar-refractivity contribution in [3.8, 4) is 0 Å². The lowest BCUT2D eigenvalue weighted by Gasteiger charge is -2.16. The van der Waals surface area contributed by atoms with Gasteiger partial charge in [0.2, 0.25) is 0 Å². The van der Waals surface area contributed by atoms with Crippen molar-refractivity contribution in [2.75, 3.05) is 17.3 Å². The SMILES string of the molecule is [CH2]c1cc(SCCCCCCCCCCCC)c(SCCCCCCCCCCCC)c(SCCCCCCCCCCCC)c1. The average molecular weight is 692 g/mol. The van der Waals surface area contributed by atoms with E-state index in [4.69, 9.17) is 0 Å². The Morgan fingerprint density at radius 2 is 0.587 bits per heavy atom. The molecule has 0 aliphatic carbocycles. The summed E-state index contributed by atoms with van der Waals surface area (Å²) in [6.45, 7) is 11.4. The van der Waals surface area contributed by atoms with Crippen molar-refractivity contribution in [3.63, 3.8) is 0 Å². The molecular weight excluding hydrogens is 613 g/mol. The Labute approximate surface area is 303 Å². The summed E-state index contributed by atoms with van der Waals surface area (Å²) in [4.78, 5) is 4.62. The summed E-state index contributed by atoms with van der Waals surface area (Å²) in [5, 5.41) is 0.